The van der Waals surface area contributed by atoms with E-state index in [1.165, 1.54) is 12.1 Å². The van der Waals surface area contributed by atoms with Crippen molar-refractivity contribution in [1.82, 2.24) is 9.62 Å². The lowest BCUT2D eigenvalue weighted by atomic mass is 9.89. The Kier molecular flexibility index (Phi) is 6.79. The summed E-state index contributed by atoms with van der Waals surface area (Å²) in [5.74, 6) is 0. The summed E-state index contributed by atoms with van der Waals surface area (Å²) in [6.45, 7) is 8.10. The van der Waals surface area contributed by atoms with Gasteiger partial charge in [0.05, 0.1) is 17.1 Å². The van der Waals surface area contributed by atoms with Crippen molar-refractivity contribution < 1.29 is 28.0 Å². The summed E-state index contributed by atoms with van der Waals surface area (Å²) >= 11 is 0. The summed E-state index contributed by atoms with van der Waals surface area (Å²) in [5.41, 5.74) is -0.951. The second-order valence-electron chi connectivity index (χ2n) is 8.63. The van der Waals surface area contributed by atoms with Crippen molar-refractivity contribution in [2.75, 3.05) is 19.7 Å². The molecule has 0 aliphatic carbocycles. The van der Waals surface area contributed by atoms with E-state index in [4.69, 9.17) is 4.74 Å². The van der Waals surface area contributed by atoms with Gasteiger partial charge in [0.2, 0.25) is 10.0 Å². The highest BCUT2D eigenvalue weighted by Gasteiger charge is 2.41. The number of hydrogen-bond donors (Lipinski definition) is 2. The topological polar surface area (TPSA) is 139 Å². The van der Waals surface area contributed by atoms with Crippen LogP contribution in [0.25, 0.3) is 0 Å². The minimum atomic E-state index is -4.13. The third-order valence-corrected chi connectivity index (χ3v) is 7.07. The molecule has 0 atom stereocenters. The van der Waals surface area contributed by atoms with Gasteiger partial charge in [0, 0.05) is 19.2 Å². The van der Waals surface area contributed by atoms with Crippen LogP contribution in [0.4, 0.5) is 10.5 Å². The maximum absolute atomic E-state index is 13.1. The number of amides is 1. The summed E-state index contributed by atoms with van der Waals surface area (Å²) in [6.07, 6.45) is -0.418. The molecule has 1 saturated heterocycles. The van der Waals surface area contributed by atoms with Crippen LogP contribution in [-0.4, -0.2) is 59.7 Å². The number of nitro benzene ring substituents is 1. The fraction of sp³-hybridized carbons (Fsp3) is 0.632. The van der Waals surface area contributed by atoms with Crippen molar-refractivity contribution in [3.8, 4) is 0 Å². The van der Waals surface area contributed by atoms with Crippen LogP contribution in [0.1, 0.15) is 44.7 Å². The number of nitro groups is 1. The fourth-order valence-corrected chi connectivity index (χ4v) is 4.93. The first-order valence-electron chi connectivity index (χ1n) is 9.59. The molecule has 1 aliphatic rings. The zero-order valence-corrected chi connectivity index (χ0v) is 18.7. The second-order valence-corrected chi connectivity index (χ2v) is 10.5. The number of benzene rings is 1. The van der Waals surface area contributed by atoms with Gasteiger partial charge in [-0.2, -0.15) is 4.31 Å². The highest BCUT2D eigenvalue weighted by atomic mass is 32.2. The van der Waals surface area contributed by atoms with Crippen molar-refractivity contribution >= 4 is 21.8 Å². The van der Waals surface area contributed by atoms with E-state index in [0.29, 0.717) is 11.1 Å². The lowest BCUT2D eigenvalue weighted by Crippen LogP contribution is -2.58. The van der Waals surface area contributed by atoms with E-state index in [2.05, 4.69) is 5.32 Å². The summed E-state index contributed by atoms with van der Waals surface area (Å²) in [5, 5.41) is 23.9. The monoisotopic (exact) mass is 443 g/mol. The van der Waals surface area contributed by atoms with E-state index >= 15 is 0 Å². The largest absolute Gasteiger partial charge is 0.444 e. The van der Waals surface area contributed by atoms with Gasteiger partial charge in [-0.25, -0.2) is 13.2 Å². The molecule has 1 aliphatic heterocycles. The number of aliphatic hydroxyl groups is 1. The van der Waals surface area contributed by atoms with Crippen molar-refractivity contribution in [2.45, 2.75) is 63.5 Å². The molecule has 0 bridgehead atoms. The predicted octanol–water partition coefficient (Wildman–Crippen LogP) is 2.25. The van der Waals surface area contributed by atoms with Crippen LogP contribution in [0.3, 0.4) is 0 Å². The molecule has 0 aromatic heterocycles. The Hall–Kier alpha value is -2.24. The van der Waals surface area contributed by atoms with Gasteiger partial charge in [-0.15, -0.1) is 0 Å². The number of aryl methyl sites for hydroxylation is 2. The maximum atomic E-state index is 13.1. The van der Waals surface area contributed by atoms with Gasteiger partial charge in [0.1, 0.15) is 5.60 Å². The van der Waals surface area contributed by atoms with Crippen molar-refractivity contribution in [1.29, 1.82) is 0 Å². The Morgan fingerprint density at radius 3 is 2.27 bits per heavy atom. The van der Waals surface area contributed by atoms with Crippen LogP contribution >= 0.6 is 0 Å². The van der Waals surface area contributed by atoms with Gasteiger partial charge in [-0.3, -0.25) is 10.1 Å². The van der Waals surface area contributed by atoms with Crippen LogP contribution in [0.15, 0.2) is 17.0 Å². The molecule has 2 N–H and O–H groups in total. The van der Waals surface area contributed by atoms with Gasteiger partial charge >= 0.3 is 6.09 Å². The quantitative estimate of drug-likeness (QED) is 0.525. The number of nitrogens with one attached hydrogen (secondary N) is 1. The van der Waals surface area contributed by atoms with Crippen LogP contribution in [0.2, 0.25) is 0 Å². The first kappa shape index (κ1) is 24.0. The van der Waals surface area contributed by atoms with Crippen molar-refractivity contribution in [3.63, 3.8) is 0 Å². The molecule has 1 aromatic rings. The molecule has 0 unspecified atom stereocenters. The SMILES string of the molecule is Cc1cc([N+](=O)[O-])c(S(=O)(=O)N2CCC(CO)(NC(=O)OC(C)(C)C)CC2)cc1C. The number of aliphatic hydroxyl groups excluding tert-OH is 1. The van der Waals surface area contributed by atoms with Crippen LogP contribution in [0, 0.1) is 24.0 Å². The number of carbonyl (C=O) groups excluding carboxylic acids is 1. The highest BCUT2D eigenvalue weighted by molar-refractivity contribution is 7.89. The van der Waals surface area contributed by atoms with Crippen LogP contribution < -0.4 is 5.32 Å². The highest BCUT2D eigenvalue weighted by Crippen LogP contribution is 2.33. The molecule has 1 amide bonds. The summed E-state index contributed by atoms with van der Waals surface area (Å²) in [6, 6.07) is 2.57. The first-order valence-corrected chi connectivity index (χ1v) is 11.0. The molecule has 168 valence electrons. The predicted molar refractivity (Wildman–Crippen MR) is 110 cm³/mol. The Morgan fingerprint density at radius 1 is 1.27 bits per heavy atom. The summed E-state index contributed by atoms with van der Waals surface area (Å²) < 4.78 is 32.6. The first-order chi connectivity index (χ1) is 13.7. The average Bonchev–Trinajstić information content (AvgIpc) is 2.62. The van der Waals surface area contributed by atoms with E-state index in [-0.39, 0.29) is 37.4 Å². The number of alkyl carbamates (subject to hydrolysis) is 1. The smallest absolute Gasteiger partial charge is 0.408 e. The van der Waals surface area contributed by atoms with Crippen molar-refractivity contribution in [2.24, 2.45) is 0 Å². The van der Waals surface area contributed by atoms with Crippen LogP contribution in [-0.2, 0) is 14.8 Å². The number of nitrogens with zero attached hydrogens (tertiary/aromatic N) is 2. The minimum Gasteiger partial charge on any atom is -0.444 e. The minimum absolute atomic E-state index is 0.0111. The molecule has 0 saturated carbocycles. The number of rotatable bonds is 5. The Morgan fingerprint density at radius 2 is 1.80 bits per heavy atom. The van der Waals surface area contributed by atoms with E-state index in [1.54, 1.807) is 34.6 Å². The average molecular weight is 444 g/mol. The van der Waals surface area contributed by atoms with E-state index in [9.17, 15) is 28.4 Å². The normalized spacial score (nSPS) is 17.4. The standard InChI is InChI=1S/C19H29N3O7S/c1-13-10-15(22(25)26)16(11-14(13)2)30(27,28)21-8-6-19(12-23,7-9-21)20-17(24)29-18(3,4)5/h10-11,23H,6-9,12H2,1-5H3,(H,20,24). The molecule has 1 heterocycles. The number of sulfonamides is 1. The molecule has 1 fully saturated rings. The third kappa shape index (κ3) is 5.27. The van der Waals surface area contributed by atoms with Gasteiger partial charge in [-0.1, -0.05) is 0 Å². The van der Waals surface area contributed by atoms with Crippen molar-refractivity contribution in [3.05, 3.63) is 33.4 Å². The zero-order chi connectivity index (χ0) is 22.9. The fourth-order valence-electron chi connectivity index (χ4n) is 3.26. The van der Waals surface area contributed by atoms with Gasteiger partial charge < -0.3 is 15.2 Å². The van der Waals surface area contributed by atoms with E-state index in [0.717, 1.165) is 4.31 Å². The van der Waals surface area contributed by atoms with Gasteiger partial charge in [0.25, 0.3) is 5.69 Å². The Balaban J connectivity index is 2.24. The second kappa shape index (κ2) is 8.48. The molecule has 1 aromatic carbocycles. The van der Waals surface area contributed by atoms with Crippen LogP contribution in [0.5, 0.6) is 0 Å². The number of carbonyl (C=O) groups is 1. The number of ether oxygens (including phenoxy) is 1. The molecule has 0 radical (unpaired) electrons. The van der Waals surface area contributed by atoms with E-state index in [1.807, 2.05) is 0 Å². The molecular formula is C19H29N3O7S. The molecule has 11 heteroatoms. The zero-order valence-electron chi connectivity index (χ0n) is 17.9. The van der Waals surface area contributed by atoms with Gasteiger partial charge in [-0.05, 0) is 64.7 Å². The maximum Gasteiger partial charge on any atom is 0.408 e. The lowest BCUT2D eigenvalue weighted by molar-refractivity contribution is -0.387. The molecule has 2 rings (SSSR count). The molecule has 10 nitrogen and oxygen atoms in total. The molecule has 30 heavy (non-hydrogen) atoms. The number of piperidine rings is 1. The lowest BCUT2D eigenvalue weighted by Gasteiger charge is -2.40. The Bertz CT molecular complexity index is 930. The van der Waals surface area contributed by atoms with Gasteiger partial charge in [0.15, 0.2) is 4.90 Å². The number of hydrogen-bond acceptors (Lipinski definition) is 7. The molecular weight excluding hydrogens is 414 g/mol. The summed E-state index contributed by atoms with van der Waals surface area (Å²) in [7, 11) is -4.13. The molecule has 0 spiro atoms. The third-order valence-electron chi connectivity index (χ3n) is 5.14. The Labute approximate surface area is 176 Å². The van der Waals surface area contributed by atoms with E-state index < -0.39 is 37.9 Å². The summed E-state index contributed by atoms with van der Waals surface area (Å²) in [4.78, 5) is 22.5.